The van der Waals surface area contributed by atoms with Crippen LogP contribution in [0.25, 0.3) is 0 Å². The Morgan fingerprint density at radius 1 is 0.646 bits per heavy atom. The first-order chi connectivity index (χ1) is 45.8. The lowest BCUT2D eigenvalue weighted by molar-refractivity contribution is -0.438. The Morgan fingerprint density at radius 2 is 1.24 bits per heavy atom. The number of ether oxygens (including phenoxy) is 1. The number of aliphatic carboxylic acids is 3. The van der Waals surface area contributed by atoms with Crippen LogP contribution in [-0.2, 0) is 49.7 Å². The third-order valence-electron chi connectivity index (χ3n) is 18.0. The Morgan fingerprint density at radius 3 is 1.84 bits per heavy atom. The molecule has 0 spiro atoms. The zero-order chi connectivity index (χ0) is 70.0. The third kappa shape index (κ3) is 22.3. The van der Waals surface area contributed by atoms with E-state index >= 15 is 0 Å². The number of benzene rings is 3. The van der Waals surface area contributed by atoms with Gasteiger partial charge in [0.1, 0.15) is 35.9 Å². The van der Waals surface area contributed by atoms with Gasteiger partial charge < -0.3 is 56.6 Å². The molecule has 10 N–H and O–H groups in total. The molecule has 2 aliphatic heterocycles. The van der Waals surface area contributed by atoms with Crippen molar-refractivity contribution in [2.24, 2.45) is 0 Å². The van der Waals surface area contributed by atoms with Crippen molar-refractivity contribution < 1.29 is 76.3 Å². The fourth-order valence-electron chi connectivity index (χ4n) is 12.8. The number of aliphatic hydroxyl groups is 1. The summed E-state index contributed by atoms with van der Waals surface area (Å²) in [5.41, 5.74) is 8.35. The molecule has 0 saturated carbocycles. The molecule has 0 radical (unpaired) electrons. The van der Waals surface area contributed by atoms with Crippen molar-refractivity contribution in [3.63, 3.8) is 0 Å². The lowest BCUT2D eigenvalue weighted by Gasteiger charge is -2.30. The minimum atomic E-state index is -4.42. The van der Waals surface area contributed by atoms with Gasteiger partial charge >= 0.3 is 23.9 Å². The molecule has 0 bridgehead atoms. The Kier molecular flexibility index (Phi) is 29.5. The zero-order valence-electron chi connectivity index (χ0n) is 56.4. The number of hydrogen-bond acceptors (Lipinski definition) is 12. The van der Waals surface area contributed by atoms with E-state index in [1.165, 1.54) is 34.7 Å². The van der Waals surface area contributed by atoms with Gasteiger partial charge in [-0.25, -0.2) is 14.4 Å². The van der Waals surface area contributed by atoms with Gasteiger partial charge in [-0.05, 0) is 176 Å². The van der Waals surface area contributed by atoms with E-state index in [1.54, 1.807) is 12.1 Å². The average molecular weight is 1350 g/mol. The number of allylic oxidation sites excluding steroid dienone is 7. The van der Waals surface area contributed by atoms with E-state index in [4.69, 9.17) is 9.84 Å². The summed E-state index contributed by atoms with van der Waals surface area (Å²) in [5.74, 6) is -3.59. The maximum atomic E-state index is 13.4. The van der Waals surface area contributed by atoms with Gasteiger partial charge in [-0.15, -0.1) is 0 Å². The quantitative estimate of drug-likeness (QED) is 0.0109. The molecule has 22 nitrogen and oxygen atoms in total. The fraction of sp³-hybridized carbons (Fsp3) is 0.507. The van der Waals surface area contributed by atoms with Gasteiger partial charge in [0, 0.05) is 86.2 Å². The number of carboxylic acids is 3. The third-order valence-corrected chi connectivity index (χ3v) is 18.9. The number of rotatable bonds is 41. The number of amides is 5. The van der Waals surface area contributed by atoms with Gasteiger partial charge in [0.15, 0.2) is 5.71 Å². The van der Waals surface area contributed by atoms with Gasteiger partial charge in [0.25, 0.3) is 10.1 Å². The zero-order valence-corrected chi connectivity index (χ0v) is 57.2. The Labute approximate surface area is 565 Å². The van der Waals surface area contributed by atoms with Crippen molar-refractivity contribution in [3.05, 3.63) is 143 Å². The van der Waals surface area contributed by atoms with Crippen LogP contribution < -0.4 is 36.2 Å². The molecule has 2 unspecified atom stereocenters. The van der Waals surface area contributed by atoms with Crippen molar-refractivity contribution in [1.82, 2.24) is 26.6 Å². The molecular weight excluding hydrogens is 1250 g/mol. The molecule has 6 rings (SSSR count). The lowest BCUT2D eigenvalue weighted by atomic mass is 9.77. The summed E-state index contributed by atoms with van der Waals surface area (Å²) < 4.78 is 43.1. The van der Waals surface area contributed by atoms with E-state index in [0.29, 0.717) is 82.3 Å². The standard InChI is InChI=1S/C73H99N7O15S/c1-7-9-49-80-60-30-16-14-26-55(60)72(4,5)62(80)42-35-51-24-22-25-52(68(51)95-53-37-39-54(40-38-53)96(92,93)94)36-43-63-73(6,56-27-15-17-31-61(56)79(63)48-8-2)45-23-34-65(83)75-47-20-18-28-58(69(87)88)76-66(84)33-13-11-10-12-32-64(82)74-46-21-19-29-59(70(89)90)78-71(91)77-57(50(3)81)41-44-67(85)86/h14-17,26-27,30-31,35-40,42-43,57-59H,3,7-13,18-25,28-29,32-34,41,44-49H2,1-2,4-6H3,(H9-,74,75,76,77,78,81,82,83,84,85,86,87,88,89,90,91,92,93,94)/p+1/t57-,58?,59-,73?/m0/s1. The molecule has 4 atom stereocenters. The summed E-state index contributed by atoms with van der Waals surface area (Å²) in [6.45, 7) is 16.7. The van der Waals surface area contributed by atoms with Crippen LogP contribution in [0.4, 0.5) is 16.2 Å². The van der Waals surface area contributed by atoms with Crippen LogP contribution in [0.3, 0.4) is 0 Å². The van der Waals surface area contributed by atoms with Crippen molar-refractivity contribution >= 4 is 68.9 Å². The first-order valence-corrected chi connectivity index (χ1v) is 35.4. The maximum absolute atomic E-state index is 13.4. The average Bonchev–Trinajstić information content (AvgIpc) is 1.59. The summed E-state index contributed by atoms with van der Waals surface area (Å²) in [4.78, 5) is 87.9. The van der Waals surface area contributed by atoms with Crippen LogP contribution in [0.1, 0.15) is 193 Å². The molecule has 0 fully saturated rings. The number of unbranched alkanes of at least 4 members (excludes halogenated alkanes) is 6. The highest BCUT2D eigenvalue weighted by Crippen LogP contribution is 2.51. The van der Waals surface area contributed by atoms with Gasteiger partial charge in [0.2, 0.25) is 23.4 Å². The highest BCUT2D eigenvalue weighted by molar-refractivity contribution is 7.85. The molecule has 3 aromatic carbocycles. The largest absolute Gasteiger partial charge is 0.511 e. The summed E-state index contributed by atoms with van der Waals surface area (Å²) >= 11 is 0. The van der Waals surface area contributed by atoms with E-state index in [0.717, 1.165) is 74.1 Å². The molecule has 2 heterocycles. The highest BCUT2D eigenvalue weighted by atomic mass is 32.2. The monoisotopic (exact) mass is 1350 g/mol. The Hall–Kier alpha value is -8.57. The van der Waals surface area contributed by atoms with E-state index in [2.05, 4.69) is 144 Å². The van der Waals surface area contributed by atoms with Crippen LogP contribution in [0.2, 0.25) is 0 Å². The highest BCUT2D eigenvalue weighted by Gasteiger charge is 2.45. The van der Waals surface area contributed by atoms with Crippen LogP contribution in [-0.4, -0.2) is 130 Å². The van der Waals surface area contributed by atoms with E-state index in [9.17, 15) is 61.9 Å². The predicted octanol–water partition coefficient (Wildman–Crippen LogP) is 11.9. The summed E-state index contributed by atoms with van der Waals surface area (Å²) in [7, 11) is -4.42. The number of para-hydroxylation sites is 2. The van der Waals surface area contributed by atoms with Crippen molar-refractivity contribution in [3.8, 4) is 5.75 Å². The predicted molar refractivity (Wildman–Crippen MR) is 369 cm³/mol. The molecule has 522 valence electrons. The van der Waals surface area contributed by atoms with Crippen LogP contribution >= 0.6 is 0 Å². The Balaban J connectivity index is 0.977. The molecule has 5 amide bonds. The number of hydrogen-bond donors (Lipinski definition) is 10. The normalized spacial score (nSPS) is 17.6. The van der Waals surface area contributed by atoms with Gasteiger partial charge in [-0.2, -0.15) is 13.0 Å². The van der Waals surface area contributed by atoms with Crippen molar-refractivity contribution in [2.75, 3.05) is 31.1 Å². The molecule has 3 aliphatic rings. The second kappa shape index (κ2) is 37.1. The Bertz CT molecular complexity index is 3520. The smallest absolute Gasteiger partial charge is 0.326 e. The number of aliphatic hydroxyl groups excluding tert-OH is 1. The SMILES string of the molecule is C=C(O)[C@H](CCC(=O)O)NC(=O)N[C@@H](CCCCNC(=O)CCCCCCC(=O)NC(CCCCNC(=O)CCCC1(C)/C(=C\C=C2/CCCC(/C=C/C3=[N+](CCCC)c4ccccc4C3(C)C)=C2Oc2ccc(S(=O)(=O)O)cc2)N(CCC)c2ccccc21)C(=O)O)C(=O)O. The number of urea groups is 1. The van der Waals surface area contributed by atoms with Crippen LogP contribution in [0.5, 0.6) is 5.75 Å². The number of carbonyl (C=O) groups excluding carboxylic acids is 4. The topological polar surface area (TPSA) is 330 Å². The van der Waals surface area contributed by atoms with E-state index < -0.39 is 63.4 Å². The van der Waals surface area contributed by atoms with Crippen molar-refractivity contribution in [2.45, 2.75) is 216 Å². The second-order valence-corrected chi connectivity index (χ2v) is 27.2. The maximum Gasteiger partial charge on any atom is 0.326 e. The van der Waals surface area contributed by atoms with Gasteiger partial charge in [0.05, 0.1) is 16.4 Å². The lowest BCUT2D eigenvalue weighted by Crippen LogP contribution is -2.49. The van der Waals surface area contributed by atoms with Gasteiger partial charge in [-0.1, -0.05) is 82.2 Å². The number of nitrogens with one attached hydrogen (secondary N) is 5. The van der Waals surface area contributed by atoms with E-state index in [-0.39, 0.29) is 79.5 Å². The number of fused-ring (bicyclic) bond motifs is 2. The second-order valence-electron chi connectivity index (χ2n) is 25.8. The van der Waals surface area contributed by atoms with E-state index in [1.807, 2.05) is 6.07 Å². The molecular formula is C73H100N7O15S+. The number of anilines is 1. The molecule has 23 heteroatoms. The van der Waals surface area contributed by atoms with Gasteiger partial charge in [-0.3, -0.25) is 23.7 Å². The van der Waals surface area contributed by atoms with Crippen LogP contribution in [0.15, 0.2) is 137 Å². The minimum absolute atomic E-state index is 0.0564. The van der Waals surface area contributed by atoms with Crippen LogP contribution in [0, 0.1) is 0 Å². The summed E-state index contributed by atoms with van der Waals surface area (Å²) in [6, 6.07) is 18.5. The first-order valence-electron chi connectivity index (χ1n) is 33.9. The number of carbonyl (C=O) groups is 7. The minimum Gasteiger partial charge on any atom is -0.511 e. The van der Waals surface area contributed by atoms with Crippen molar-refractivity contribution in [1.29, 1.82) is 0 Å². The number of nitrogens with zero attached hydrogens (tertiary/aromatic N) is 2. The first kappa shape index (κ1) is 76.4. The molecule has 96 heavy (non-hydrogen) atoms. The number of carboxylic acid groups (broad SMARTS) is 3. The molecule has 3 aromatic rings. The molecule has 0 aromatic heterocycles. The summed E-state index contributed by atoms with van der Waals surface area (Å²) in [6.07, 6.45) is 19.9. The molecule has 0 saturated heterocycles. The summed E-state index contributed by atoms with van der Waals surface area (Å²) in [5, 5.41) is 51.1. The fourth-order valence-corrected chi connectivity index (χ4v) is 13.3. The molecule has 1 aliphatic carbocycles.